The van der Waals surface area contributed by atoms with Crippen molar-refractivity contribution in [1.29, 1.82) is 0 Å². The lowest BCUT2D eigenvalue weighted by molar-refractivity contribution is -0.311. The Kier molecular flexibility index (Phi) is 14.9. The van der Waals surface area contributed by atoms with Gasteiger partial charge in [-0.15, -0.1) is 0 Å². The third-order valence-electron chi connectivity index (χ3n) is 11.8. The lowest BCUT2D eigenvalue weighted by Gasteiger charge is -2.49. The van der Waals surface area contributed by atoms with Gasteiger partial charge in [0.1, 0.15) is 23.6 Å². The molecule has 3 heterocycles. The van der Waals surface area contributed by atoms with Gasteiger partial charge in [0.25, 0.3) is 0 Å². The van der Waals surface area contributed by atoms with E-state index in [1.165, 1.54) is 14.0 Å². The zero-order valence-electron chi connectivity index (χ0n) is 32.6. The van der Waals surface area contributed by atoms with Gasteiger partial charge in [0.05, 0.1) is 48.1 Å². The molecule has 0 aromatic rings. The van der Waals surface area contributed by atoms with E-state index in [1.54, 1.807) is 34.6 Å². The Morgan fingerprint density at radius 1 is 0.900 bits per heavy atom. The van der Waals surface area contributed by atoms with Crippen LogP contribution in [0.1, 0.15) is 94.9 Å². The normalized spacial score (nSPS) is 49.0. The molecule has 0 spiro atoms. The van der Waals surface area contributed by atoms with Crippen LogP contribution in [0.3, 0.4) is 0 Å². The summed E-state index contributed by atoms with van der Waals surface area (Å²) in [6.07, 6.45) is -7.65. The van der Waals surface area contributed by atoms with E-state index in [4.69, 9.17) is 28.4 Å². The SMILES string of the molecule is CC[C@H]1OC(=O)C(C)[C@@H](O[C@H]2CC(C)[C@@H](O)C(C)O2)[C@H](C)[C@@H](O[C@@H]2OC(C)CC(N(C)C)[C@H]2O)[C@](C)(OC)C[C@@H](C)C(=O)C(C)C(O)C1(C)O. The Hall–Kier alpha value is -1.26. The molecule has 0 amide bonds. The van der Waals surface area contributed by atoms with Gasteiger partial charge >= 0.3 is 5.97 Å². The Balaban J connectivity index is 2.19. The number of esters is 1. The molecule has 0 radical (unpaired) electrons. The zero-order valence-corrected chi connectivity index (χ0v) is 32.6. The first-order valence-electron chi connectivity index (χ1n) is 18.4. The van der Waals surface area contributed by atoms with Crippen LogP contribution < -0.4 is 0 Å². The number of ether oxygens (including phenoxy) is 6. The Morgan fingerprint density at radius 2 is 1.52 bits per heavy atom. The van der Waals surface area contributed by atoms with Crippen molar-refractivity contribution in [3.8, 4) is 0 Å². The third-order valence-corrected chi connectivity index (χ3v) is 11.8. The van der Waals surface area contributed by atoms with E-state index in [-0.39, 0.29) is 36.7 Å². The van der Waals surface area contributed by atoms with E-state index in [1.807, 2.05) is 46.7 Å². The highest BCUT2D eigenvalue weighted by Crippen LogP contribution is 2.41. The van der Waals surface area contributed by atoms with Crippen molar-refractivity contribution >= 4 is 11.8 Å². The summed E-state index contributed by atoms with van der Waals surface area (Å²) in [6.45, 7) is 17.4. The molecule has 8 unspecified atom stereocenters. The van der Waals surface area contributed by atoms with Gasteiger partial charge in [-0.05, 0) is 73.9 Å². The number of cyclic esters (lactones) is 1. The number of aliphatic hydroxyl groups is 4. The van der Waals surface area contributed by atoms with Crippen LogP contribution in [0.15, 0.2) is 0 Å². The quantitative estimate of drug-likeness (QED) is 0.284. The molecular weight excluding hydrogens is 650 g/mol. The number of hydrogen-bond acceptors (Lipinski definition) is 13. The molecular formula is C37H67NO12. The number of nitrogens with zero attached hydrogens (tertiary/aromatic N) is 1. The standard InChI is InChI=1S/C37H67NO12/c1-14-26-37(10,44)32(42)21(5)28(39)19(3)17-36(9,45-13)33(50-35-30(41)25(38(11)12)16-20(4)46-35)22(6)31(23(7)34(43)48-26)49-27-15-18(2)29(40)24(8)47-27/h18-27,29-33,35,40-42,44H,14-17H2,1-13H3/t18?,19-,20?,21?,22+,23?,24?,25?,26-,27+,29-,30-,31+,32?,33-,35+,36-,37?/m1/s1. The molecule has 292 valence electrons. The number of ketones is 1. The predicted molar refractivity (Wildman–Crippen MR) is 185 cm³/mol. The lowest BCUT2D eigenvalue weighted by Crippen LogP contribution is -2.61. The topological polar surface area (TPSA) is 174 Å². The number of carbonyl (C=O) groups excluding carboxylic acids is 2. The van der Waals surface area contributed by atoms with E-state index in [0.29, 0.717) is 12.8 Å². The summed E-state index contributed by atoms with van der Waals surface area (Å²) < 4.78 is 38.0. The van der Waals surface area contributed by atoms with Crippen LogP contribution in [0, 0.1) is 29.6 Å². The van der Waals surface area contributed by atoms with Crippen LogP contribution in [-0.4, -0.2) is 137 Å². The van der Waals surface area contributed by atoms with Crippen molar-refractivity contribution in [2.75, 3.05) is 21.2 Å². The summed E-state index contributed by atoms with van der Waals surface area (Å²) in [4.78, 5) is 29.9. The second kappa shape index (κ2) is 17.3. The van der Waals surface area contributed by atoms with E-state index < -0.39 is 96.2 Å². The molecule has 3 saturated heterocycles. The molecule has 13 heteroatoms. The first-order valence-corrected chi connectivity index (χ1v) is 18.4. The fourth-order valence-electron chi connectivity index (χ4n) is 8.36. The highest BCUT2D eigenvalue weighted by atomic mass is 16.7. The molecule has 3 aliphatic heterocycles. The molecule has 50 heavy (non-hydrogen) atoms. The molecule has 13 nitrogen and oxygen atoms in total. The minimum absolute atomic E-state index is 0.134. The van der Waals surface area contributed by atoms with Gasteiger partial charge < -0.3 is 53.7 Å². The van der Waals surface area contributed by atoms with Crippen molar-refractivity contribution in [2.45, 2.75) is 174 Å². The van der Waals surface area contributed by atoms with Gasteiger partial charge in [-0.3, -0.25) is 9.59 Å². The summed E-state index contributed by atoms with van der Waals surface area (Å²) in [5, 5.41) is 45.1. The number of aliphatic hydroxyl groups excluding tert-OH is 3. The van der Waals surface area contributed by atoms with Crippen molar-refractivity contribution in [1.82, 2.24) is 4.90 Å². The molecule has 3 fully saturated rings. The van der Waals surface area contributed by atoms with Gasteiger partial charge in [-0.1, -0.05) is 34.6 Å². The first kappa shape index (κ1) is 43.1. The maximum atomic E-state index is 14.1. The molecule has 0 saturated carbocycles. The maximum absolute atomic E-state index is 14.1. The number of carbonyl (C=O) groups is 2. The second-order valence-electron chi connectivity index (χ2n) is 16.2. The molecule has 18 atom stereocenters. The summed E-state index contributed by atoms with van der Waals surface area (Å²) in [5.74, 6) is -4.43. The Labute approximate surface area is 299 Å². The van der Waals surface area contributed by atoms with Gasteiger partial charge in [0.15, 0.2) is 12.6 Å². The van der Waals surface area contributed by atoms with E-state index in [2.05, 4.69) is 0 Å². The van der Waals surface area contributed by atoms with Crippen molar-refractivity contribution in [2.24, 2.45) is 29.6 Å². The van der Waals surface area contributed by atoms with Gasteiger partial charge in [-0.2, -0.15) is 0 Å². The van der Waals surface area contributed by atoms with E-state index in [0.717, 1.165) is 0 Å². The monoisotopic (exact) mass is 717 g/mol. The summed E-state index contributed by atoms with van der Waals surface area (Å²) in [7, 11) is 5.29. The molecule has 0 aromatic carbocycles. The molecule has 0 aromatic heterocycles. The van der Waals surface area contributed by atoms with Gasteiger partial charge in [0.2, 0.25) is 0 Å². The highest BCUT2D eigenvalue weighted by molar-refractivity contribution is 5.83. The zero-order chi connectivity index (χ0) is 38.0. The Morgan fingerprint density at radius 3 is 2.06 bits per heavy atom. The maximum Gasteiger partial charge on any atom is 0.311 e. The third kappa shape index (κ3) is 9.26. The predicted octanol–water partition coefficient (Wildman–Crippen LogP) is 2.67. The number of Topliss-reactive ketones (excluding diaryl/α,β-unsaturated/α-hetero) is 1. The van der Waals surface area contributed by atoms with E-state index in [9.17, 15) is 30.0 Å². The molecule has 4 N–H and O–H groups in total. The van der Waals surface area contributed by atoms with Crippen molar-refractivity contribution < 1.29 is 58.4 Å². The average molecular weight is 718 g/mol. The van der Waals surface area contributed by atoms with Crippen LogP contribution in [-0.2, 0) is 38.0 Å². The van der Waals surface area contributed by atoms with Gasteiger partial charge in [-0.25, -0.2) is 0 Å². The Bertz CT molecular complexity index is 1110. The minimum atomic E-state index is -1.94. The number of likely N-dealkylation sites (N-methyl/N-ethyl adjacent to an activating group) is 1. The molecule has 3 rings (SSSR count). The average Bonchev–Trinajstić information content (AvgIpc) is 3.05. The first-order chi connectivity index (χ1) is 23.1. The minimum Gasteiger partial charge on any atom is -0.459 e. The molecule has 0 aliphatic carbocycles. The summed E-state index contributed by atoms with van der Waals surface area (Å²) in [6, 6.07) is -0.265. The fourth-order valence-corrected chi connectivity index (χ4v) is 8.36. The molecule has 0 bridgehead atoms. The fraction of sp³-hybridized carbons (Fsp3) is 0.946. The van der Waals surface area contributed by atoms with Crippen LogP contribution in [0.25, 0.3) is 0 Å². The lowest BCUT2D eigenvalue weighted by atomic mass is 9.74. The van der Waals surface area contributed by atoms with Crippen molar-refractivity contribution in [3.63, 3.8) is 0 Å². The van der Waals surface area contributed by atoms with Crippen LogP contribution >= 0.6 is 0 Å². The van der Waals surface area contributed by atoms with Crippen LogP contribution in [0.5, 0.6) is 0 Å². The van der Waals surface area contributed by atoms with Gasteiger partial charge in [0, 0.05) is 37.3 Å². The van der Waals surface area contributed by atoms with E-state index >= 15 is 0 Å². The highest BCUT2D eigenvalue weighted by Gasteiger charge is 2.53. The molecule has 3 aliphatic rings. The van der Waals surface area contributed by atoms with Crippen LogP contribution in [0.2, 0.25) is 0 Å². The number of methoxy groups -OCH3 is 1. The number of rotatable bonds is 7. The summed E-state index contributed by atoms with van der Waals surface area (Å²) in [5.41, 5.74) is -3.16. The second-order valence-corrected chi connectivity index (χ2v) is 16.2. The van der Waals surface area contributed by atoms with Crippen LogP contribution in [0.4, 0.5) is 0 Å². The largest absolute Gasteiger partial charge is 0.459 e. The summed E-state index contributed by atoms with van der Waals surface area (Å²) >= 11 is 0. The smallest absolute Gasteiger partial charge is 0.311 e. The number of hydrogen-bond donors (Lipinski definition) is 4. The van der Waals surface area contributed by atoms with Crippen molar-refractivity contribution in [3.05, 3.63) is 0 Å².